The van der Waals surface area contributed by atoms with Crippen LogP contribution in [0.3, 0.4) is 0 Å². The molecular formula is C10H16BrN5O5+2. The third-order valence-corrected chi connectivity index (χ3v) is 4.11. The van der Waals surface area contributed by atoms with Crippen LogP contribution in [0.2, 0.25) is 0 Å². The molecule has 0 radical (unpaired) electrons. The van der Waals surface area contributed by atoms with Crippen LogP contribution in [0.25, 0.3) is 0 Å². The summed E-state index contributed by atoms with van der Waals surface area (Å²) >= 11 is 3.26. The molecule has 0 spiro atoms. The molecule has 116 valence electrons. The minimum Gasteiger partial charge on any atom is -0.394 e. The van der Waals surface area contributed by atoms with E-state index in [1.165, 1.54) is 4.57 Å². The molecule has 21 heavy (non-hydrogen) atoms. The number of hydrogen-bond acceptors (Lipinski definition) is 6. The molecule has 0 bridgehead atoms. The van der Waals surface area contributed by atoms with E-state index < -0.39 is 37.4 Å². The Hall–Kier alpha value is -1.24. The molecule has 0 unspecified atom stereocenters. The van der Waals surface area contributed by atoms with Gasteiger partial charge in [0.15, 0.2) is 0 Å². The van der Waals surface area contributed by atoms with Crippen LogP contribution in [-0.2, 0) is 4.74 Å². The van der Waals surface area contributed by atoms with Gasteiger partial charge in [-0.05, 0) is 0 Å². The van der Waals surface area contributed by atoms with E-state index in [1.54, 1.807) is 0 Å². The molecule has 3 rings (SSSR count). The summed E-state index contributed by atoms with van der Waals surface area (Å²) in [5, 5.41) is 34.6. The van der Waals surface area contributed by atoms with E-state index in [2.05, 4.69) is 37.3 Å². The van der Waals surface area contributed by atoms with Crippen LogP contribution in [0, 0.1) is 0 Å². The Kier molecular flexibility index (Phi) is 3.63. The van der Waals surface area contributed by atoms with Crippen molar-refractivity contribution < 1.29 is 35.2 Å². The van der Waals surface area contributed by atoms with E-state index in [-0.39, 0.29) is 11.6 Å². The first-order valence-electron chi connectivity index (χ1n) is 6.30. The number of fused-ring (bicyclic) bond motifs is 1. The number of ether oxygens (including phenoxy) is 1. The number of amides is 1. The number of quaternary nitrogens is 1. The molecule has 1 aromatic rings. The number of carbonyl (C=O) groups excluding carboxylic acids is 1. The Balaban J connectivity index is 2.02. The van der Waals surface area contributed by atoms with Crippen LogP contribution in [0.15, 0.2) is 4.73 Å². The van der Waals surface area contributed by atoms with Crippen LogP contribution < -0.4 is 20.9 Å². The van der Waals surface area contributed by atoms with Crippen molar-refractivity contribution in [1.82, 2.24) is 10.3 Å². The van der Waals surface area contributed by atoms with Gasteiger partial charge in [-0.1, -0.05) is 0 Å². The Labute approximate surface area is 127 Å². The molecule has 10 nitrogen and oxygen atoms in total. The van der Waals surface area contributed by atoms with Gasteiger partial charge >= 0.3 is 0 Å². The Morgan fingerprint density at radius 2 is 2.05 bits per heavy atom. The second kappa shape index (κ2) is 5.19. The molecule has 11 heteroatoms. The molecule has 0 aromatic carbocycles. The number of halogens is 1. The first kappa shape index (κ1) is 14.7. The third-order valence-electron chi connectivity index (χ3n) is 3.53. The van der Waals surface area contributed by atoms with Crippen LogP contribution in [-0.4, -0.2) is 57.4 Å². The lowest BCUT2D eigenvalue weighted by atomic mass is 10.1. The molecule has 0 saturated carbocycles. The first-order valence-corrected chi connectivity index (χ1v) is 7.09. The highest BCUT2D eigenvalue weighted by Gasteiger charge is 2.49. The van der Waals surface area contributed by atoms with Crippen molar-refractivity contribution in [1.29, 1.82) is 0 Å². The summed E-state index contributed by atoms with van der Waals surface area (Å²) in [5.74, 6) is 0.0235. The number of rotatable bonds is 2. The highest BCUT2D eigenvalue weighted by Crippen LogP contribution is 2.29. The minimum atomic E-state index is -1.25. The number of hydrogen-bond donors (Lipinski definition) is 7. The summed E-state index contributed by atoms with van der Waals surface area (Å²) in [6, 6.07) is 0. The predicted octanol–water partition coefficient (Wildman–Crippen LogP) is -3.64. The zero-order valence-corrected chi connectivity index (χ0v) is 12.4. The zero-order chi connectivity index (χ0) is 15.3. The van der Waals surface area contributed by atoms with Gasteiger partial charge in [-0.2, -0.15) is 4.57 Å². The highest BCUT2D eigenvalue weighted by molar-refractivity contribution is 9.10. The van der Waals surface area contributed by atoms with E-state index in [4.69, 9.17) is 9.84 Å². The lowest BCUT2D eigenvalue weighted by Gasteiger charge is -2.19. The number of H-pyrrole nitrogens is 1. The fourth-order valence-electron chi connectivity index (χ4n) is 2.51. The SMILES string of the molecule is [NH3+][C@@H]1NC(=O)c2[nH]c(Br)[n+]([C@@H]3O[C@@H](CO)[C@@H](O)[C@@H]3O)c2N1. The number of aromatic nitrogens is 2. The fraction of sp³-hybridized carbons (Fsp3) is 0.600. The lowest BCUT2D eigenvalue weighted by Crippen LogP contribution is -2.75. The minimum absolute atomic E-state index is 0.250. The van der Waals surface area contributed by atoms with Crippen molar-refractivity contribution >= 4 is 27.7 Å². The molecule has 1 saturated heterocycles. The average Bonchev–Trinajstić information content (AvgIpc) is 2.89. The quantitative estimate of drug-likeness (QED) is 0.268. The Morgan fingerprint density at radius 1 is 1.33 bits per heavy atom. The van der Waals surface area contributed by atoms with Gasteiger partial charge in [0.25, 0.3) is 22.7 Å². The maximum atomic E-state index is 11.9. The van der Waals surface area contributed by atoms with Crippen molar-refractivity contribution in [3.05, 3.63) is 10.4 Å². The molecule has 2 aliphatic rings. The van der Waals surface area contributed by atoms with E-state index in [0.717, 1.165) is 0 Å². The average molecular weight is 366 g/mol. The summed E-state index contributed by atoms with van der Waals surface area (Å²) in [6.45, 7) is -0.425. The van der Waals surface area contributed by atoms with Gasteiger partial charge in [-0.25, -0.2) is 5.32 Å². The predicted molar refractivity (Wildman–Crippen MR) is 69.5 cm³/mol. The van der Waals surface area contributed by atoms with E-state index >= 15 is 0 Å². The van der Waals surface area contributed by atoms with Gasteiger partial charge in [-0.15, -0.1) is 0 Å². The molecule has 5 atom stereocenters. The summed E-state index contributed by atoms with van der Waals surface area (Å²) in [7, 11) is 0. The highest BCUT2D eigenvalue weighted by atomic mass is 79.9. The van der Waals surface area contributed by atoms with Crippen molar-refractivity contribution in [3.63, 3.8) is 0 Å². The third kappa shape index (κ3) is 2.22. The van der Waals surface area contributed by atoms with Gasteiger partial charge in [0, 0.05) is 15.9 Å². The standard InChI is InChI=1S/C10H14BrN5O5/c11-9-13-3-6(14-10(12)15-7(3)20)16(9)8-5(19)4(18)2(1-17)21-8/h2,4-5,8,10,17-19H,1,12H2,(H2,14,15,20)/p+2/t2-,4+,5-,8+,10-/m0/s1. The van der Waals surface area contributed by atoms with Gasteiger partial charge in [-0.3, -0.25) is 15.1 Å². The molecule has 1 amide bonds. The monoisotopic (exact) mass is 365 g/mol. The number of aliphatic hydroxyl groups excluding tert-OH is 3. The van der Waals surface area contributed by atoms with E-state index in [1.807, 2.05) is 0 Å². The number of aromatic amines is 1. The molecule has 2 aliphatic heterocycles. The maximum Gasteiger partial charge on any atom is 0.297 e. The Morgan fingerprint density at radius 3 is 2.67 bits per heavy atom. The van der Waals surface area contributed by atoms with Crippen LogP contribution in [0.4, 0.5) is 5.82 Å². The second-order valence-corrected chi connectivity index (χ2v) is 5.66. The maximum absolute atomic E-state index is 11.9. The number of nitrogens with zero attached hydrogens (tertiary/aromatic N) is 1. The molecular weight excluding hydrogens is 350 g/mol. The van der Waals surface area contributed by atoms with Crippen molar-refractivity contribution in [3.8, 4) is 0 Å². The zero-order valence-electron chi connectivity index (χ0n) is 10.8. The number of nitrogens with one attached hydrogen (secondary N) is 3. The second-order valence-electron chi connectivity index (χ2n) is 4.91. The lowest BCUT2D eigenvalue weighted by molar-refractivity contribution is -0.762. The summed E-state index contributed by atoms with van der Waals surface area (Å²) in [4.78, 5) is 14.7. The fourth-order valence-corrected chi connectivity index (χ4v) is 3.09. The topological polar surface area (TPSA) is 158 Å². The van der Waals surface area contributed by atoms with Crippen LogP contribution >= 0.6 is 15.9 Å². The van der Waals surface area contributed by atoms with Crippen molar-refractivity contribution in [2.24, 2.45) is 0 Å². The summed E-state index contributed by atoms with van der Waals surface area (Å²) in [5.41, 5.74) is 3.96. The first-order chi connectivity index (χ1) is 9.93. The largest absolute Gasteiger partial charge is 0.394 e. The molecule has 1 aromatic heterocycles. The number of carbonyl (C=O) groups is 1. The van der Waals surface area contributed by atoms with Gasteiger partial charge in [0.05, 0.1) is 6.61 Å². The van der Waals surface area contributed by atoms with Gasteiger partial charge in [0.2, 0.25) is 11.9 Å². The molecule has 9 N–H and O–H groups in total. The normalized spacial score (nSPS) is 35.3. The summed E-state index contributed by atoms with van der Waals surface area (Å²) < 4.78 is 7.31. The number of aliphatic hydroxyl groups is 3. The van der Waals surface area contributed by atoms with Crippen molar-refractivity contribution in [2.45, 2.75) is 30.8 Å². The Bertz CT molecular complexity index is 580. The van der Waals surface area contributed by atoms with Crippen LogP contribution in [0.1, 0.15) is 16.7 Å². The number of anilines is 1. The van der Waals surface area contributed by atoms with Crippen LogP contribution in [0.5, 0.6) is 0 Å². The number of imidazole rings is 1. The van der Waals surface area contributed by atoms with Gasteiger partial charge in [0.1, 0.15) is 18.3 Å². The van der Waals surface area contributed by atoms with E-state index in [0.29, 0.717) is 10.6 Å². The molecule has 0 aliphatic carbocycles. The molecule has 3 heterocycles. The van der Waals surface area contributed by atoms with Crippen molar-refractivity contribution in [2.75, 3.05) is 11.9 Å². The smallest absolute Gasteiger partial charge is 0.297 e. The summed E-state index contributed by atoms with van der Waals surface area (Å²) in [6.07, 6.45) is -4.88. The molecule has 1 fully saturated rings. The van der Waals surface area contributed by atoms with Gasteiger partial charge < -0.3 is 25.8 Å². The van der Waals surface area contributed by atoms with E-state index in [9.17, 15) is 15.0 Å².